The molecule has 1 N–H and O–H groups in total. The van der Waals surface area contributed by atoms with Crippen molar-refractivity contribution in [2.75, 3.05) is 31.0 Å². The van der Waals surface area contributed by atoms with Crippen LogP contribution in [-0.4, -0.2) is 32.6 Å². The number of anilines is 2. The summed E-state index contributed by atoms with van der Waals surface area (Å²) in [7, 11) is 3.10. The van der Waals surface area contributed by atoms with Gasteiger partial charge < -0.3 is 19.7 Å². The summed E-state index contributed by atoms with van der Waals surface area (Å²) >= 11 is 0. The number of hydrogen-bond acceptors (Lipinski definition) is 4. The van der Waals surface area contributed by atoms with Crippen molar-refractivity contribution in [1.82, 2.24) is 0 Å². The first-order valence-electron chi connectivity index (χ1n) is 8.84. The number of nitrogens with one attached hydrogen (secondary N) is 1. The first-order chi connectivity index (χ1) is 12.9. The van der Waals surface area contributed by atoms with E-state index in [-0.39, 0.29) is 18.2 Å². The minimum absolute atomic E-state index is 0.0365. The van der Waals surface area contributed by atoms with Gasteiger partial charge in [-0.3, -0.25) is 9.59 Å². The maximum absolute atomic E-state index is 12.7. The van der Waals surface area contributed by atoms with E-state index in [0.717, 1.165) is 16.8 Å². The summed E-state index contributed by atoms with van der Waals surface area (Å²) in [5.41, 5.74) is 3.61. The minimum atomic E-state index is -0.413. The molecule has 1 atom stereocenters. The largest absolute Gasteiger partial charge is 0.497 e. The molecule has 0 spiro atoms. The van der Waals surface area contributed by atoms with Crippen LogP contribution in [0.3, 0.4) is 0 Å². The van der Waals surface area contributed by atoms with Crippen molar-refractivity contribution in [1.29, 1.82) is 0 Å². The molecule has 1 fully saturated rings. The first kappa shape index (κ1) is 18.8. The second-order valence-electron chi connectivity index (χ2n) is 6.68. The quantitative estimate of drug-likeness (QED) is 0.879. The van der Waals surface area contributed by atoms with Gasteiger partial charge >= 0.3 is 0 Å². The molecule has 0 aromatic heterocycles. The molecule has 1 unspecified atom stereocenters. The second kappa shape index (κ2) is 7.70. The van der Waals surface area contributed by atoms with E-state index < -0.39 is 5.92 Å². The number of benzene rings is 2. The van der Waals surface area contributed by atoms with Crippen molar-refractivity contribution < 1.29 is 19.1 Å². The van der Waals surface area contributed by atoms with Gasteiger partial charge in [-0.15, -0.1) is 0 Å². The van der Waals surface area contributed by atoms with Crippen LogP contribution in [0.15, 0.2) is 36.4 Å². The zero-order valence-electron chi connectivity index (χ0n) is 16.0. The Labute approximate surface area is 159 Å². The van der Waals surface area contributed by atoms with Crippen molar-refractivity contribution in [3.63, 3.8) is 0 Å². The topological polar surface area (TPSA) is 67.9 Å². The highest BCUT2D eigenvalue weighted by molar-refractivity contribution is 6.04. The Morgan fingerprint density at radius 3 is 2.63 bits per heavy atom. The van der Waals surface area contributed by atoms with Crippen LogP contribution in [0.1, 0.15) is 17.5 Å². The van der Waals surface area contributed by atoms with Crippen LogP contribution < -0.4 is 19.7 Å². The molecule has 1 saturated heterocycles. The average molecular weight is 368 g/mol. The Hall–Kier alpha value is -3.02. The average Bonchev–Trinajstić information content (AvgIpc) is 3.06. The van der Waals surface area contributed by atoms with E-state index >= 15 is 0 Å². The smallest absolute Gasteiger partial charge is 0.229 e. The summed E-state index contributed by atoms with van der Waals surface area (Å²) in [6.45, 7) is 4.38. The fourth-order valence-corrected chi connectivity index (χ4v) is 3.28. The fourth-order valence-electron chi connectivity index (χ4n) is 3.28. The monoisotopic (exact) mass is 368 g/mol. The third kappa shape index (κ3) is 3.74. The van der Waals surface area contributed by atoms with Gasteiger partial charge in [0.15, 0.2) is 0 Å². The highest BCUT2D eigenvalue weighted by Crippen LogP contribution is 2.32. The molecule has 0 aliphatic carbocycles. The van der Waals surface area contributed by atoms with Gasteiger partial charge in [-0.05, 0) is 43.2 Å². The fraction of sp³-hybridized carbons (Fsp3) is 0.333. The lowest BCUT2D eigenvalue weighted by Gasteiger charge is -2.20. The predicted octanol–water partition coefficient (Wildman–Crippen LogP) is 3.31. The van der Waals surface area contributed by atoms with Gasteiger partial charge in [0.2, 0.25) is 11.8 Å². The van der Waals surface area contributed by atoms with Crippen LogP contribution in [0.4, 0.5) is 11.4 Å². The van der Waals surface area contributed by atoms with E-state index in [1.165, 1.54) is 7.11 Å². The van der Waals surface area contributed by atoms with Crippen LogP contribution in [-0.2, 0) is 9.59 Å². The second-order valence-corrected chi connectivity index (χ2v) is 6.68. The van der Waals surface area contributed by atoms with Gasteiger partial charge in [-0.2, -0.15) is 0 Å². The molecule has 0 radical (unpaired) electrons. The number of rotatable bonds is 5. The van der Waals surface area contributed by atoms with Crippen molar-refractivity contribution in [2.45, 2.75) is 20.3 Å². The van der Waals surface area contributed by atoms with Gasteiger partial charge in [-0.25, -0.2) is 0 Å². The van der Waals surface area contributed by atoms with Gasteiger partial charge in [0.25, 0.3) is 0 Å². The highest BCUT2D eigenvalue weighted by Gasteiger charge is 2.36. The zero-order chi connectivity index (χ0) is 19.6. The number of ether oxygens (including phenoxy) is 2. The first-order valence-corrected chi connectivity index (χ1v) is 8.84. The number of carbonyl (C=O) groups is 2. The Morgan fingerprint density at radius 1 is 1.15 bits per heavy atom. The Kier molecular flexibility index (Phi) is 5.35. The van der Waals surface area contributed by atoms with Crippen LogP contribution in [0.25, 0.3) is 0 Å². The molecular weight excluding hydrogens is 344 g/mol. The zero-order valence-corrected chi connectivity index (χ0v) is 16.0. The summed E-state index contributed by atoms with van der Waals surface area (Å²) in [5.74, 6) is 0.509. The van der Waals surface area contributed by atoms with Crippen LogP contribution in [0.2, 0.25) is 0 Å². The van der Waals surface area contributed by atoms with Crippen molar-refractivity contribution >= 4 is 23.2 Å². The normalized spacial score (nSPS) is 16.4. The lowest BCUT2D eigenvalue weighted by atomic mass is 10.1. The van der Waals surface area contributed by atoms with E-state index in [1.54, 1.807) is 30.2 Å². The standard InChI is InChI=1S/C21H24N2O4/c1-13-6-5-7-18(14(13)2)23-12-15(10-20(23)24)21(25)22-17-9-8-16(26-3)11-19(17)27-4/h5-9,11,15H,10,12H2,1-4H3,(H,22,25). The Morgan fingerprint density at radius 2 is 1.93 bits per heavy atom. The maximum atomic E-state index is 12.7. The molecule has 0 saturated carbocycles. The van der Waals surface area contributed by atoms with Gasteiger partial charge in [0.1, 0.15) is 11.5 Å². The molecule has 2 aromatic carbocycles. The summed E-state index contributed by atoms with van der Waals surface area (Å²) in [6, 6.07) is 11.1. The Bertz CT molecular complexity index is 878. The molecule has 3 rings (SSSR count). The van der Waals surface area contributed by atoms with Gasteiger partial charge in [0.05, 0.1) is 25.8 Å². The number of methoxy groups -OCH3 is 2. The third-order valence-electron chi connectivity index (χ3n) is 5.03. The lowest BCUT2D eigenvalue weighted by molar-refractivity contribution is -0.122. The van der Waals surface area contributed by atoms with Gasteiger partial charge in [-0.1, -0.05) is 12.1 Å². The number of hydrogen-bond donors (Lipinski definition) is 1. The minimum Gasteiger partial charge on any atom is -0.497 e. The molecule has 1 aliphatic rings. The molecule has 2 amide bonds. The van der Waals surface area contributed by atoms with Crippen LogP contribution in [0.5, 0.6) is 11.5 Å². The number of carbonyl (C=O) groups excluding carboxylic acids is 2. The van der Waals surface area contributed by atoms with Gasteiger partial charge in [0, 0.05) is 24.7 Å². The van der Waals surface area contributed by atoms with Crippen LogP contribution >= 0.6 is 0 Å². The molecular formula is C21H24N2O4. The lowest BCUT2D eigenvalue weighted by Crippen LogP contribution is -2.28. The molecule has 142 valence electrons. The molecule has 6 heteroatoms. The Balaban J connectivity index is 1.76. The van der Waals surface area contributed by atoms with E-state index in [9.17, 15) is 9.59 Å². The summed E-state index contributed by atoms with van der Waals surface area (Å²) in [4.78, 5) is 27.0. The summed E-state index contributed by atoms with van der Waals surface area (Å²) in [5, 5.41) is 2.87. The van der Waals surface area contributed by atoms with E-state index in [1.807, 2.05) is 32.0 Å². The summed E-state index contributed by atoms with van der Waals surface area (Å²) in [6.07, 6.45) is 0.192. The third-order valence-corrected chi connectivity index (χ3v) is 5.03. The molecule has 27 heavy (non-hydrogen) atoms. The molecule has 2 aromatic rings. The number of aryl methyl sites for hydroxylation is 1. The number of amides is 2. The van der Waals surface area contributed by atoms with E-state index in [4.69, 9.17) is 9.47 Å². The van der Waals surface area contributed by atoms with Crippen LogP contribution in [0, 0.1) is 19.8 Å². The van der Waals surface area contributed by atoms with Crippen molar-refractivity contribution in [2.24, 2.45) is 5.92 Å². The molecule has 6 nitrogen and oxygen atoms in total. The highest BCUT2D eigenvalue weighted by atomic mass is 16.5. The SMILES string of the molecule is COc1ccc(NC(=O)C2CC(=O)N(c3cccc(C)c3C)C2)c(OC)c1. The van der Waals surface area contributed by atoms with E-state index in [0.29, 0.717) is 23.7 Å². The van der Waals surface area contributed by atoms with Crippen molar-refractivity contribution in [3.8, 4) is 11.5 Å². The predicted molar refractivity (Wildman–Crippen MR) is 105 cm³/mol. The van der Waals surface area contributed by atoms with Crippen molar-refractivity contribution in [3.05, 3.63) is 47.5 Å². The van der Waals surface area contributed by atoms with E-state index in [2.05, 4.69) is 5.32 Å². The molecule has 1 aliphatic heterocycles. The number of nitrogens with zero attached hydrogens (tertiary/aromatic N) is 1. The molecule has 0 bridgehead atoms. The summed E-state index contributed by atoms with van der Waals surface area (Å²) < 4.78 is 10.5. The maximum Gasteiger partial charge on any atom is 0.229 e. The molecule has 1 heterocycles.